The third-order valence-electron chi connectivity index (χ3n) is 2.19. The molecule has 0 saturated carbocycles. The molecule has 0 bridgehead atoms. The molecule has 0 radical (unpaired) electrons. The topological polar surface area (TPSA) is 56.5 Å². The number of anilines is 2. The highest BCUT2D eigenvalue weighted by molar-refractivity contribution is 5.68. The van der Waals surface area contributed by atoms with Gasteiger partial charge in [-0.25, -0.2) is 4.39 Å². The summed E-state index contributed by atoms with van der Waals surface area (Å²) in [7, 11) is 1.62. The van der Waals surface area contributed by atoms with Crippen molar-refractivity contribution < 1.29 is 13.9 Å². The van der Waals surface area contributed by atoms with Gasteiger partial charge in [-0.3, -0.25) is 0 Å². The molecule has 4 nitrogen and oxygen atoms in total. The summed E-state index contributed by atoms with van der Waals surface area (Å²) >= 11 is 0. The second-order valence-electron chi connectivity index (χ2n) is 3.64. The largest absolute Gasteiger partial charge is 0.490 e. The highest BCUT2D eigenvalue weighted by atomic mass is 19.1. The van der Waals surface area contributed by atoms with Crippen molar-refractivity contribution in [3.63, 3.8) is 0 Å². The number of hydrogen-bond acceptors (Lipinski definition) is 4. The fraction of sp³-hybridized carbons (Fsp3) is 0.500. The monoisotopic (exact) mass is 242 g/mol. The molecular weight excluding hydrogens is 223 g/mol. The van der Waals surface area contributed by atoms with E-state index in [0.29, 0.717) is 31.1 Å². The van der Waals surface area contributed by atoms with Crippen molar-refractivity contribution >= 4 is 11.4 Å². The molecule has 0 amide bonds. The first-order chi connectivity index (χ1) is 8.19. The van der Waals surface area contributed by atoms with E-state index in [1.165, 1.54) is 6.07 Å². The van der Waals surface area contributed by atoms with Crippen LogP contribution in [0.1, 0.15) is 13.3 Å². The minimum absolute atomic E-state index is 0.223. The number of halogens is 1. The molecule has 0 aliphatic rings. The first-order valence-corrected chi connectivity index (χ1v) is 5.63. The molecule has 1 rings (SSSR count). The normalized spacial score (nSPS) is 10.3. The number of nitrogens with two attached hydrogens (primary N) is 1. The average molecular weight is 242 g/mol. The summed E-state index contributed by atoms with van der Waals surface area (Å²) in [4.78, 5) is 0. The Morgan fingerprint density at radius 3 is 2.76 bits per heavy atom. The van der Waals surface area contributed by atoms with Crippen LogP contribution in [0.3, 0.4) is 0 Å². The van der Waals surface area contributed by atoms with Gasteiger partial charge in [0, 0.05) is 25.8 Å². The van der Waals surface area contributed by atoms with Gasteiger partial charge < -0.3 is 20.5 Å². The number of nitrogen functional groups attached to an aromatic ring is 1. The van der Waals surface area contributed by atoms with Crippen LogP contribution in [-0.4, -0.2) is 26.9 Å². The van der Waals surface area contributed by atoms with Gasteiger partial charge in [-0.2, -0.15) is 0 Å². The summed E-state index contributed by atoms with van der Waals surface area (Å²) in [6, 6.07) is 2.84. The predicted molar refractivity (Wildman–Crippen MR) is 67.0 cm³/mol. The quantitative estimate of drug-likeness (QED) is 0.569. The summed E-state index contributed by atoms with van der Waals surface area (Å²) in [6.07, 6.45) is 0.830. The van der Waals surface area contributed by atoms with E-state index < -0.39 is 5.82 Å². The first kappa shape index (κ1) is 13.6. The molecule has 5 heteroatoms. The third-order valence-corrected chi connectivity index (χ3v) is 2.19. The zero-order valence-electron chi connectivity index (χ0n) is 10.3. The number of hydrogen-bond donors (Lipinski definition) is 2. The van der Waals surface area contributed by atoms with Crippen molar-refractivity contribution in [2.45, 2.75) is 13.3 Å². The van der Waals surface area contributed by atoms with Gasteiger partial charge in [-0.1, -0.05) is 6.92 Å². The van der Waals surface area contributed by atoms with Gasteiger partial charge >= 0.3 is 0 Å². The van der Waals surface area contributed by atoms with Gasteiger partial charge in [0.05, 0.1) is 24.6 Å². The van der Waals surface area contributed by atoms with E-state index in [1.807, 2.05) is 6.92 Å². The van der Waals surface area contributed by atoms with E-state index in [4.69, 9.17) is 15.2 Å². The van der Waals surface area contributed by atoms with Crippen LogP contribution in [0.5, 0.6) is 5.75 Å². The molecule has 0 aliphatic carbocycles. The lowest BCUT2D eigenvalue weighted by Gasteiger charge is -2.12. The molecule has 0 aromatic heterocycles. The van der Waals surface area contributed by atoms with Gasteiger partial charge in [0.2, 0.25) is 0 Å². The van der Waals surface area contributed by atoms with Crippen molar-refractivity contribution in [2.24, 2.45) is 0 Å². The van der Waals surface area contributed by atoms with E-state index in [9.17, 15) is 4.39 Å². The molecule has 0 fully saturated rings. The molecule has 3 N–H and O–H groups in total. The molecule has 1 aromatic carbocycles. The number of ether oxygens (including phenoxy) is 2. The van der Waals surface area contributed by atoms with Crippen LogP contribution >= 0.6 is 0 Å². The van der Waals surface area contributed by atoms with E-state index >= 15 is 0 Å². The Hall–Kier alpha value is -1.49. The van der Waals surface area contributed by atoms with Gasteiger partial charge in [-0.15, -0.1) is 0 Å². The maximum Gasteiger partial charge on any atom is 0.167 e. The molecule has 0 aliphatic heterocycles. The highest BCUT2D eigenvalue weighted by Crippen LogP contribution is 2.28. The Morgan fingerprint density at radius 2 is 2.12 bits per heavy atom. The zero-order valence-corrected chi connectivity index (χ0v) is 10.3. The van der Waals surface area contributed by atoms with E-state index in [-0.39, 0.29) is 5.75 Å². The minimum atomic E-state index is -0.437. The van der Waals surface area contributed by atoms with Gasteiger partial charge in [0.25, 0.3) is 0 Å². The van der Waals surface area contributed by atoms with Crippen molar-refractivity contribution in [3.8, 4) is 5.75 Å². The highest BCUT2D eigenvalue weighted by Gasteiger charge is 2.08. The number of rotatable bonds is 7. The summed E-state index contributed by atoms with van der Waals surface area (Å²) in [5.41, 5.74) is 6.73. The van der Waals surface area contributed by atoms with E-state index in [0.717, 1.165) is 6.42 Å². The molecular formula is C12H19FN2O2. The van der Waals surface area contributed by atoms with Gasteiger partial charge in [-0.05, 0) is 6.42 Å². The molecule has 0 atom stereocenters. The summed E-state index contributed by atoms with van der Waals surface area (Å²) in [5.74, 6) is -0.214. The number of methoxy groups -OCH3 is 1. The average Bonchev–Trinajstić information content (AvgIpc) is 2.31. The summed E-state index contributed by atoms with van der Waals surface area (Å²) < 4.78 is 23.7. The fourth-order valence-corrected chi connectivity index (χ4v) is 1.33. The lowest BCUT2D eigenvalue weighted by Crippen LogP contribution is -2.10. The SMILES string of the molecule is CCCOc1cc(NCCOC)c(N)cc1F. The van der Waals surface area contributed by atoms with Gasteiger partial charge in [0.1, 0.15) is 0 Å². The molecule has 17 heavy (non-hydrogen) atoms. The smallest absolute Gasteiger partial charge is 0.167 e. The maximum atomic E-state index is 13.5. The van der Waals surface area contributed by atoms with Crippen LogP contribution in [0.4, 0.5) is 15.8 Å². The predicted octanol–water partition coefficient (Wildman–Crippen LogP) is 2.25. The van der Waals surface area contributed by atoms with Crippen LogP contribution in [-0.2, 0) is 4.74 Å². The second kappa shape index (κ2) is 6.96. The minimum Gasteiger partial charge on any atom is -0.490 e. The lowest BCUT2D eigenvalue weighted by atomic mass is 10.2. The maximum absolute atomic E-state index is 13.5. The Labute approximate surface area is 101 Å². The van der Waals surface area contributed by atoms with Crippen LogP contribution in [0.2, 0.25) is 0 Å². The molecule has 0 saturated heterocycles. The van der Waals surface area contributed by atoms with E-state index in [1.54, 1.807) is 13.2 Å². The molecule has 0 unspecified atom stereocenters. The van der Waals surface area contributed by atoms with Crippen LogP contribution in [0.25, 0.3) is 0 Å². The molecule has 0 spiro atoms. The molecule has 0 heterocycles. The second-order valence-corrected chi connectivity index (χ2v) is 3.64. The van der Waals surface area contributed by atoms with Crippen LogP contribution in [0, 0.1) is 5.82 Å². The van der Waals surface area contributed by atoms with Crippen LogP contribution < -0.4 is 15.8 Å². The lowest BCUT2D eigenvalue weighted by molar-refractivity contribution is 0.211. The Kier molecular flexibility index (Phi) is 5.56. The fourth-order valence-electron chi connectivity index (χ4n) is 1.33. The summed E-state index contributed by atoms with van der Waals surface area (Å²) in [5, 5.41) is 3.06. The first-order valence-electron chi connectivity index (χ1n) is 5.63. The Morgan fingerprint density at radius 1 is 1.35 bits per heavy atom. The van der Waals surface area contributed by atoms with Gasteiger partial charge in [0.15, 0.2) is 11.6 Å². The number of benzene rings is 1. The van der Waals surface area contributed by atoms with Crippen molar-refractivity contribution in [1.82, 2.24) is 0 Å². The Balaban J connectivity index is 2.74. The molecule has 1 aromatic rings. The standard InChI is InChI=1S/C12H19FN2O2/c1-3-5-17-12-8-11(15-4-6-16-2)10(14)7-9(12)13/h7-8,15H,3-6,14H2,1-2H3. The molecule has 96 valence electrons. The Bertz CT molecular complexity index is 359. The van der Waals surface area contributed by atoms with Crippen LogP contribution in [0.15, 0.2) is 12.1 Å². The summed E-state index contributed by atoms with van der Waals surface area (Å²) in [6.45, 7) is 3.62. The van der Waals surface area contributed by atoms with Crippen molar-refractivity contribution in [1.29, 1.82) is 0 Å². The van der Waals surface area contributed by atoms with Crippen molar-refractivity contribution in [2.75, 3.05) is 37.9 Å². The third kappa shape index (κ3) is 4.11. The zero-order chi connectivity index (χ0) is 12.7. The number of nitrogens with one attached hydrogen (secondary N) is 1. The van der Waals surface area contributed by atoms with E-state index in [2.05, 4.69) is 5.32 Å². The van der Waals surface area contributed by atoms with Crippen molar-refractivity contribution in [3.05, 3.63) is 17.9 Å².